The molecule has 0 saturated carbocycles. The van der Waals surface area contributed by atoms with E-state index in [0.29, 0.717) is 19.0 Å². The predicted molar refractivity (Wildman–Crippen MR) is 36.6 cm³/mol. The van der Waals surface area contributed by atoms with Crippen LogP contribution in [0.5, 0.6) is 0 Å². The molecule has 1 aliphatic heterocycles. The van der Waals surface area contributed by atoms with Gasteiger partial charge in [0.05, 0.1) is 13.1 Å². The van der Waals surface area contributed by atoms with Crippen LogP contribution in [0.25, 0.3) is 0 Å². The van der Waals surface area contributed by atoms with E-state index in [0.717, 1.165) is 17.9 Å². The van der Waals surface area contributed by atoms with Gasteiger partial charge in [0.1, 0.15) is 11.5 Å². The topological polar surface area (TPSA) is 46.3 Å². The molecule has 0 fully saturated rings. The van der Waals surface area contributed by atoms with Crippen LogP contribution in [0.15, 0.2) is 4.42 Å². The zero-order valence-electron chi connectivity index (χ0n) is 6.20. The van der Waals surface area contributed by atoms with Gasteiger partial charge in [0.2, 0.25) is 6.41 Å². The van der Waals surface area contributed by atoms with E-state index >= 15 is 0 Å². The summed E-state index contributed by atoms with van der Waals surface area (Å²) in [6.07, 6.45) is 0.812. The molecule has 0 aliphatic carbocycles. The van der Waals surface area contributed by atoms with Crippen molar-refractivity contribution in [3.05, 3.63) is 17.3 Å². The van der Waals surface area contributed by atoms with Gasteiger partial charge in [-0.15, -0.1) is 0 Å². The smallest absolute Gasteiger partial charge is 0.210 e. The number of nitrogens with zero attached hydrogens (tertiary/aromatic N) is 2. The van der Waals surface area contributed by atoms with E-state index in [9.17, 15) is 4.79 Å². The first-order chi connectivity index (χ1) is 5.29. The van der Waals surface area contributed by atoms with Crippen molar-refractivity contribution in [1.82, 2.24) is 9.88 Å². The van der Waals surface area contributed by atoms with Gasteiger partial charge in [0, 0.05) is 6.92 Å². The zero-order chi connectivity index (χ0) is 7.84. The van der Waals surface area contributed by atoms with Crippen LogP contribution in [0, 0.1) is 6.92 Å². The minimum Gasteiger partial charge on any atom is -0.444 e. The molecule has 58 valence electrons. The Morgan fingerprint density at radius 2 is 2.45 bits per heavy atom. The number of aryl methyl sites for hydroxylation is 1. The normalized spacial score (nSPS) is 15.2. The number of fused-ring (bicyclic) bond motifs is 1. The molecule has 1 aliphatic rings. The number of hydrogen-bond acceptors (Lipinski definition) is 3. The first-order valence-corrected chi connectivity index (χ1v) is 3.44. The maximum Gasteiger partial charge on any atom is 0.210 e. The van der Waals surface area contributed by atoms with Crippen LogP contribution < -0.4 is 0 Å². The molecular formula is C7H8N2O2. The van der Waals surface area contributed by atoms with Crippen LogP contribution in [0.3, 0.4) is 0 Å². The van der Waals surface area contributed by atoms with Crippen molar-refractivity contribution in [2.45, 2.75) is 20.0 Å². The summed E-state index contributed by atoms with van der Waals surface area (Å²) >= 11 is 0. The lowest BCUT2D eigenvalue weighted by Crippen LogP contribution is -2.13. The molecule has 4 nitrogen and oxygen atoms in total. The van der Waals surface area contributed by atoms with Gasteiger partial charge >= 0.3 is 0 Å². The van der Waals surface area contributed by atoms with E-state index in [4.69, 9.17) is 4.42 Å². The summed E-state index contributed by atoms with van der Waals surface area (Å²) in [5.74, 6) is 1.51. The molecule has 2 heterocycles. The average molecular weight is 152 g/mol. The molecule has 0 N–H and O–H groups in total. The van der Waals surface area contributed by atoms with Gasteiger partial charge in [-0.2, -0.15) is 0 Å². The maximum absolute atomic E-state index is 10.3. The van der Waals surface area contributed by atoms with E-state index in [1.807, 2.05) is 6.92 Å². The fourth-order valence-electron chi connectivity index (χ4n) is 1.27. The highest BCUT2D eigenvalue weighted by Crippen LogP contribution is 2.21. The van der Waals surface area contributed by atoms with E-state index in [1.165, 1.54) is 0 Å². The fraction of sp³-hybridized carbons (Fsp3) is 0.429. The summed E-state index contributed by atoms with van der Waals surface area (Å²) < 4.78 is 5.25. The molecule has 1 aromatic rings. The zero-order valence-corrected chi connectivity index (χ0v) is 6.20. The highest BCUT2D eigenvalue weighted by Gasteiger charge is 2.22. The molecule has 2 rings (SSSR count). The molecule has 0 unspecified atom stereocenters. The van der Waals surface area contributed by atoms with Crippen LogP contribution in [-0.2, 0) is 17.9 Å². The SMILES string of the molecule is Cc1nc2c(o1)CN(C=O)C2. The van der Waals surface area contributed by atoms with Crippen molar-refractivity contribution in [2.24, 2.45) is 0 Å². The molecule has 1 amide bonds. The molecule has 0 aromatic carbocycles. The quantitative estimate of drug-likeness (QED) is 0.549. The van der Waals surface area contributed by atoms with Crippen LogP contribution in [0.1, 0.15) is 17.3 Å². The van der Waals surface area contributed by atoms with Crippen LogP contribution in [-0.4, -0.2) is 16.3 Å². The van der Waals surface area contributed by atoms with Crippen LogP contribution >= 0.6 is 0 Å². The monoisotopic (exact) mass is 152 g/mol. The Kier molecular flexibility index (Phi) is 1.21. The van der Waals surface area contributed by atoms with Crippen molar-refractivity contribution in [1.29, 1.82) is 0 Å². The van der Waals surface area contributed by atoms with Crippen molar-refractivity contribution in [2.75, 3.05) is 0 Å². The summed E-state index contributed by atoms with van der Waals surface area (Å²) in [4.78, 5) is 16.1. The summed E-state index contributed by atoms with van der Waals surface area (Å²) in [7, 11) is 0. The van der Waals surface area contributed by atoms with Crippen molar-refractivity contribution >= 4 is 6.41 Å². The number of amides is 1. The summed E-state index contributed by atoms with van der Waals surface area (Å²) in [6.45, 7) is 2.97. The summed E-state index contributed by atoms with van der Waals surface area (Å²) in [5.41, 5.74) is 0.898. The second kappa shape index (κ2) is 2.08. The Morgan fingerprint density at radius 3 is 3.09 bits per heavy atom. The molecule has 4 heteroatoms. The number of hydrogen-bond donors (Lipinski definition) is 0. The standard InChI is InChI=1S/C7H8N2O2/c1-5-8-6-2-9(4-10)3-7(6)11-5/h4H,2-3H2,1H3. The molecule has 0 atom stereocenters. The van der Waals surface area contributed by atoms with Gasteiger partial charge in [-0.3, -0.25) is 4.79 Å². The Hall–Kier alpha value is -1.32. The lowest BCUT2D eigenvalue weighted by Gasteiger charge is -2.04. The van der Waals surface area contributed by atoms with Crippen LogP contribution in [0.2, 0.25) is 0 Å². The molecule has 0 spiro atoms. The first-order valence-electron chi connectivity index (χ1n) is 3.44. The molecule has 0 bridgehead atoms. The Balaban J connectivity index is 2.29. The Labute approximate surface area is 63.8 Å². The third-order valence-electron chi connectivity index (χ3n) is 1.73. The lowest BCUT2D eigenvalue weighted by molar-refractivity contribution is -0.118. The molecule has 0 saturated heterocycles. The second-order valence-corrected chi connectivity index (χ2v) is 2.61. The lowest BCUT2D eigenvalue weighted by atomic mass is 10.4. The summed E-state index contributed by atoms with van der Waals surface area (Å²) in [5, 5.41) is 0. The van der Waals surface area contributed by atoms with Gasteiger partial charge < -0.3 is 9.32 Å². The fourth-order valence-corrected chi connectivity index (χ4v) is 1.27. The highest BCUT2D eigenvalue weighted by molar-refractivity contribution is 5.49. The molecule has 1 aromatic heterocycles. The Morgan fingerprint density at radius 1 is 1.64 bits per heavy atom. The minimum absolute atomic E-state index is 0.569. The van der Waals surface area contributed by atoms with Gasteiger partial charge in [-0.25, -0.2) is 4.98 Å². The number of carbonyl (C=O) groups excluding carboxylic acids is 1. The molecule has 11 heavy (non-hydrogen) atoms. The van der Waals surface area contributed by atoms with Gasteiger partial charge in [0.15, 0.2) is 5.89 Å². The largest absolute Gasteiger partial charge is 0.444 e. The van der Waals surface area contributed by atoms with Crippen LogP contribution in [0.4, 0.5) is 0 Å². The van der Waals surface area contributed by atoms with Gasteiger partial charge in [-0.05, 0) is 0 Å². The van der Waals surface area contributed by atoms with Gasteiger partial charge in [-0.1, -0.05) is 0 Å². The van der Waals surface area contributed by atoms with E-state index in [2.05, 4.69) is 4.98 Å². The molecular weight excluding hydrogens is 144 g/mol. The maximum atomic E-state index is 10.3. The Bertz CT molecular complexity index is 269. The highest BCUT2D eigenvalue weighted by atomic mass is 16.4. The first kappa shape index (κ1) is 6.39. The van der Waals surface area contributed by atoms with E-state index < -0.39 is 0 Å². The minimum atomic E-state index is 0.569. The van der Waals surface area contributed by atoms with E-state index in [-0.39, 0.29) is 0 Å². The summed E-state index contributed by atoms with van der Waals surface area (Å²) in [6, 6.07) is 0. The third-order valence-corrected chi connectivity index (χ3v) is 1.73. The predicted octanol–water partition coefficient (Wildman–Crippen LogP) is 0.455. The third kappa shape index (κ3) is 0.906. The number of carbonyl (C=O) groups is 1. The van der Waals surface area contributed by atoms with Gasteiger partial charge in [0.25, 0.3) is 0 Å². The number of oxazole rings is 1. The average Bonchev–Trinajstić information content (AvgIpc) is 2.43. The van der Waals surface area contributed by atoms with E-state index in [1.54, 1.807) is 4.90 Å². The van der Waals surface area contributed by atoms with Crippen molar-refractivity contribution in [3.8, 4) is 0 Å². The number of rotatable bonds is 1. The van der Waals surface area contributed by atoms with Crippen molar-refractivity contribution in [3.63, 3.8) is 0 Å². The van der Waals surface area contributed by atoms with Crippen molar-refractivity contribution < 1.29 is 9.21 Å². The molecule has 0 radical (unpaired) electrons. The number of aromatic nitrogens is 1. The second-order valence-electron chi connectivity index (χ2n) is 2.61.